The molecule has 3 N–H and O–H groups in total. The van der Waals surface area contributed by atoms with Crippen LogP contribution >= 0.6 is 0 Å². The van der Waals surface area contributed by atoms with Gasteiger partial charge in [0.25, 0.3) is 5.91 Å². The van der Waals surface area contributed by atoms with E-state index in [-0.39, 0.29) is 11.7 Å². The first-order valence-electron chi connectivity index (χ1n) is 12.1. The van der Waals surface area contributed by atoms with Gasteiger partial charge in [0.05, 0.1) is 16.8 Å². The Kier molecular flexibility index (Phi) is 7.09. The van der Waals surface area contributed by atoms with Crippen molar-refractivity contribution in [3.63, 3.8) is 0 Å². The first-order chi connectivity index (χ1) is 16.2. The second-order valence-corrected chi connectivity index (χ2v) is 11.9. The van der Waals surface area contributed by atoms with Crippen LogP contribution in [-0.4, -0.2) is 47.4 Å². The Morgan fingerprint density at radius 3 is 2.56 bits per heavy atom. The van der Waals surface area contributed by atoms with E-state index in [2.05, 4.69) is 35.9 Å². The molecular weight excluding hydrogens is 448 g/mol. The van der Waals surface area contributed by atoms with Gasteiger partial charge in [0.2, 0.25) is 10.0 Å². The summed E-state index contributed by atoms with van der Waals surface area (Å²) in [5.41, 5.74) is 11.1. The second-order valence-electron chi connectivity index (χ2n) is 9.64. The third-order valence-electron chi connectivity index (χ3n) is 6.88. The minimum absolute atomic E-state index is 0.125. The molecule has 34 heavy (non-hydrogen) atoms. The summed E-state index contributed by atoms with van der Waals surface area (Å²) < 4.78 is 26.1. The van der Waals surface area contributed by atoms with E-state index < -0.39 is 15.9 Å². The Balaban J connectivity index is 1.70. The van der Waals surface area contributed by atoms with Gasteiger partial charge in [-0.3, -0.25) is 9.78 Å². The van der Waals surface area contributed by atoms with Gasteiger partial charge in [-0.15, -0.1) is 0 Å². The number of aromatic amines is 1. The number of hydrogen-bond acceptors (Lipinski definition) is 4. The van der Waals surface area contributed by atoms with E-state index >= 15 is 0 Å². The van der Waals surface area contributed by atoms with Crippen molar-refractivity contribution >= 4 is 26.8 Å². The zero-order valence-corrected chi connectivity index (χ0v) is 21.0. The van der Waals surface area contributed by atoms with Crippen molar-refractivity contribution < 1.29 is 13.2 Å². The van der Waals surface area contributed by atoms with Crippen LogP contribution in [0, 0.1) is 5.92 Å². The van der Waals surface area contributed by atoms with E-state index in [1.807, 2.05) is 24.7 Å². The number of rotatable bonds is 8. The fourth-order valence-corrected chi connectivity index (χ4v) is 5.95. The summed E-state index contributed by atoms with van der Waals surface area (Å²) >= 11 is 0. The molecule has 3 aromatic rings. The maximum atomic E-state index is 12.3. The fourth-order valence-electron chi connectivity index (χ4n) is 4.82. The number of hydrogen-bond donors (Lipinski definition) is 2. The molecule has 0 spiro atoms. The molecule has 1 saturated heterocycles. The van der Waals surface area contributed by atoms with Crippen molar-refractivity contribution in [2.75, 3.05) is 18.8 Å². The molecule has 2 aromatic heterocycles. The number of benzene rings is 1. The van der Waals surface area contributed by atoms with E-state index in [9.17, 15) is 13.2 Å². The zero-order chi connectivity index (χ0) is 24.5. The topological polar surface area (TPSA) is 109 Å². The van der Waals surface area contributed by atoms with E-state index in [1.165, 1.54) is 5.56 Å². The quantitative estimate of drug-likeness (QED) is 0.494. The van der Waals surface area contributed by atoms with Gasteiger partial charge in [0, 0.05) is 42.6 Å². The normalized spacial score (nSPS) is 15.9. The number of nitrogens with one attached hydrogen (secondary N) is 1. The zero-order valence-electron chi connectivity index (χ0n) is 20.2. The maximum Gasteiger partial charge on any atom is 0.250 e. The number of piperidine rings is 1. The molecule has 0 atom stereocenters. The van der Waals surface area contributed by atoms with Crippen LogP contribution in [0.4, 0.5) is 0 Å². The fraction of sp³-hybridized carbons (Fsp3) is 0.462. The molecule has 0 aliphatic carbocycles. The number of carbonyl (C=O) groups is 1. The van der Waals surface area contributed by atoms with Crippen molar-refractivity contribution in [3.8, 4) is 11.1 Å². The summed E-state index contributed by atoms with van der Waals surface area (Å²) in [6.45, 7) is 7.12. The Morgan fingerprint density at radius 2 is 1.91 bits per heavy atom. The molecule has 4 rings (SSSR count). The van der Waals surface area contributed by atoms with Crippen LogP contribution in [0.25, 0.3) is 22.0 Å². The predicted molar refractivity (Wildman–Crippen MR) is 136 cm³/mol. The summed E-state index contributed by atoms with van der Waals surface area (Å²) in [6, 6.07) is 6.08. The molecule has 1 amide bonds. The van der Waals surface area contributed by atoms with Gasteiger partial charge in [-0.25, -0.2) is 12.7 Å². The van der Waals surface area contributed by atoms with E-state index in [0.29, 0.717) is 24.6 Å². The predicted octanol–water partition coefficient (Wildman–Crippen LogP) is 4.45. The third-order valence-corrected chi connectivity index (χ3v) is 8.76. The molecule has 3 heterocycles. The number of sulfonamides is 1. The number of primary amides is 1. The van der Waals surface area contributed by atoms with Gasteiger partial charge in [-0.1, -0.05) is 13.8 Å². The minimum atomic E-state index is -3.17. The van der Waals surface area contributed by atoms with Crippen molar-refractivity contribution in [3.05, 3.63) is 53.5 Å². The van der Waals surface area contributed by atoms with Crippen LogP contribution in [-0.2, 0) is 16.4 Å². The monoisotopic (exact) mass is 482 g/mol. The number of H-pyrrole nitrogens is 1. The Hall–Kier alpha value is -2.71. The summed E-state index contributed by atoms with van der Waals surface area (Å²) in [6.07, 6.45) is 9.21. The van der Waals surface area contributed by atoms with Crippen LogP contribution in [0.5, 0.6) is 0 Å². The van der Waals surface area contributed by atoms with Gasteiger partial charge in [0.1, 0.15) is 0 Å². The number of pyridine rings is 1. The molecule has 0 bridgehead atoms. The molecule has 182 valence electrons. The summed E-state index contributed by atoms with van der Waals surface area (Å²) in [7, 11) is -3.17. The molecule has 1 aliphatic rings. The van der Waals surface area contributed by atoms with Crippen molar-refractivity contribution in [2.24, 2.45) is 11.7 Å². The number of fused-ring (bicyclic) bond motifs is 1. The smallest absolute Gasteiger partial charge is 0.250 e. The summed E-state index contributed by atoms with van der Waals surface area (Å²) in [5.74, 6) is 0.472. The Morgan fingerprint density at radius 1 is 1.18 bits per heavy atom. The highest BCUT2D eigenvalue weighted by Crippen LogP contribution is 2.37. The van der Waals surface area contributed by atoms with Crippen molar-refractivity contribution in [1.82, 2.24) is 14.3 Å². The minimum Gasteiger partial charge on any atom is -0.366 e. The highest BCUT2D eigenvalue weighted by Gasteiger charge is 2.29. The van der Waals surface area contributed by atoms with Crippen LogP contribution in [0.1, 0.15) is 67.4 Å². The van der Waals surface area contributed by atoms with E-state index in [1.54, 1.807) is 11.2 Å². The van der Waals surface area contributed by atoms with Gasteiger partial charge in [-0.2, -0.15) is 0 Å². The molecule has 0 saturated carbocycles. The van der Waals surface area contributed by atoms with Crippen LogP contribution < -0.4 is 5.73 Å². The average Bonchev–Trinajstić information content (AvgIpc) is 3.26. The highest BCUT2D eigenvalue weighted by atomic mass is 32.2. The molecule has 1 fully saturated rings. The standard InChI is InChI=1S/C26H34N4O3S/c1-4-34(32,33)30-9-7-19(8-10-30)24-16-29-25-22(24)12-20(13-23(25)26(27)31)21-11-18(14-28-15-21)6-5-17(2)3/h11-17,19,29H,4-10H2,1-3H3,(H2,27,31). The number of aromatic nitrogens is 2. The van der Waals surface area contributed by atoms with Crippen molar-refractivity contribution in [2.45, 2.75) is 52.4 Å². The summed E-state index contributed by atoms with van der Waals surface area (Å²) in [4.78, 5) is 20.0. The van der Waals surface area contributed by atoms with E-state index in [0.717, 1.165) is 53.3 Å². The van der Waals surface area contributed by atoms with Crippen LogP contribution in [0.15, 0.2) is 36.8 Å². The lowest BCUT2D eigenvalue weighted by Gasteiger charge is -2.31. The second kappa shape index (κ2) is 9.88. The molecule has 1 aliphatic heterocycles. The first kappa shape index (κ1) is 24.4. The number of nitrogens with zero attached hydrogens (tertiary/aromatic N) is 2. The van der Waals surface area contributed by atoms with Crippen molar-refractivity contribution in [1.29, 1.82) is 0 Å². The Labute approximate surface area is 201 Å². The van der Waals surface area contributed by atoms with Crippen LogP contribution in [0.3, 0.4) is 0 Å². The molecule has 0 unspecified atom stereocenters. The first-order valence-corrected chi connectivity index (χ1v) is 13.7. The lowest BCUT2D eigenvalue weighted by Crippen LogP contribution is -2.38. The van der Waals surface area contributed by atoms with E-state index in [4.69, 9.17) is 5.73 Å². The lowest BCUT2D eigenvalue weighted by molar-refractivity contribution is 0.100. The van der Waals surface area contributed by atoms with Gasteiger partial charge in [0.15, 0.2) is 0 Å². The SMILES string of the molecule is CCS(=O)(=O)N1CCC(c2c[nH]c3c(C(N)=O)cc(-c4cncc(CCC(C)C)c4)cc23)CC1. The third kappa shape index (κ3) is 5.03. The number of carbonyl (C=O) groups excluding carboxylic acids is 1. The largest absolute Gasteiger partial charge is 0.366 e. The molecule has 7 nitrogen and oxygen atoms in total. The summed E-state index contributed by atoms with van der Waals surface area (Å²) in [5, 5.41) is 0.968. The average molecular weight is 483 g/mol. The molecule has 8 heteroatoms. The Bertz CT molecular complexity index is 1290. The van der Waals surface area contributed by atoms with Gasteiger partial charge in [-0.05, 0) is 79.3 Å². The van der Waals surface area contributed by atoms with Gasteiger partial charge >= 0.3 is 0 Å². The molecular formula is C26H34N4O3S. The lowest BCUT2D eigenvalue weighted by atomic mass is 9.88. The highest BCUT2D eigenvalue weighted by molar-refractivity contribution is 7.89. The van der Waals surface area contributed by atoms with Gasteiger partial charge < -0.3 is 10.7 Å². The van der Waals surface area contributed by atoms with Crippen LogP contribution in [0.2, 0.25) is 0 Å². The number of amides is 1. The molecule has 0 radical (unpaired) electrons. The maximum absolute atomic E-state index is 12.3. The number of nitrogens with two attached hydrogens (primary N) is 1. The molecule has 1 aromatic carbocycles. The number of aryl methyl sites for hydroxylation is 1.